The number of hydrogen-bond donors (Lipinski definition) is 3. The van der Waals surface area contributed by atoms with Crippen molar-refractivity contribution in [1.29, 1.82) is 0 Å². The van der Waals surface area contributed by atoms with E-state index in [2.05, 4.69) is 0 Å². The first-order valence-corrected chi connectivity index (χ1v) is 8.50. The Labute approximate surface area is 150 Å². The fourth-order valence-corrected chi connectivity index (χ4v) is 3.40. The first kappa shape index (κ1) is 16.7. The molecule has 2 aliphatic heterocycles. The quantitative estimate of drug-likeness (QED) is 0.730. The molecule has 0 spiro atoms. The fourth-order valence-electron chi connectivity index (χ4n) is 3.40. The van der Waals surface area contributed by atoms with Crippen molar-refractivity contribution < 1.29 is 29.6 Å². The number of fused-ring (bicyclic) bond motifs is 1. The third-order valence-corrected chi connectivity index (χ3v) is 5.03. The molecule has 6 nitrogen and oxygen atoms in total. The van der Waals surface area contributed by atoms with Crippen LogP contribution < -0.4 is 4.74 Å². The highest BCUT2D eigenvalue weighted by Crippen LogP contribution is 2.43. The average molecular weight is 356 g/mol. The van der Waals surface area contributed by atoms with Crippen molar-refractivity contribution in [3.05, 3.63) is 47.0 Å². The molecule has 2 atom stereocenters. The van der Waals surface area contributed by atoms with Crippen LogP contribution in [0.2, 0.25) is 0 Å². The van der Waals surface area contributed by atoms with Gasteiger partial charge in [0.05, 0.1) is 18.1 Å². The van der Waals surface area contributed by atoms with E-state index in [1.54, 1.807) is 12.1 Å². The number of carbonyl (C=O) groups is 1. The highest BCUT2D eigenvalue weighted by atomic mass is 16.6. The van der Waals surface area contributed by atoms with Crippen LogP contribution in [0.3, 0.4) is 0 Å². The van der Waals surface area contributed by atoms with Crippen molar-refractivity contribution >= 4 is 5.78 Å². The molecule has 1 saturated heterocycles. The second-order valence-electron chi connectivity index (χ2n) is 7.37. The van der Waals surface area contributed by atoms with Crippen molar-refractivity contribution in [3.63, 3.8) is 0 Å². The third-order valence-electron chi connectivity index (χ3n) is 5.03. The molecular weight excluding hydrogens is 336 g/mol. The number of epoxide rings is 1. The van der Waals surface area contributed by atoms with Crippen molar-refractivity contribution in [1.82, 2.24) is 0 Å². The Morgan fingerprint density at radius 2 is 1.85 bits per heavy atom. The molecule has 4 rings (SSSR count). The van der Waals surface area contributed by atoms with Crippen LogP contribution in [0.4, 0.5) is 0 Å². The van der Waals surface area contributed by atoms with Gasteiger partial charge in [-0.2, -0.15) is 0 Å². The smallest absolute Gasteiger partial charge is 0.174 e. The zero-order valence-corrected chi connectivity index (χ0v) is 14.5. The largest absolute Gasteiger partial charge is 0.508 e. The molecule has 2 aromatic carbocycles. The van der Waals surface area contributed by atoms with Crippen LogP contribution >= 0.6 is 0 Å². The van der Waals surface area contributed by atoms with E-state index in [0.717, 1.165) is 17.2 Å². The van der Waals surface area contributed by atoms with Crippen LogP contribution in [0.1, 0.15) is 47.9 Å². The van der Waals surface area contributed by atoms with E-state index in [0.29, 0.717) is 6.42 Å². The molecule has 0 radical (unpaired) electrons. The zero-order valence-electron chi connectivity index (χ0n) is 14.5. The molecule has 0 saturated carbocycles. The van der Waals surface area contributed by atoms with Crippen molar-refractivity contribution in [2.24, 2.45) is 0 Å². The normalized spacial score (nSPS) is 23.2. The molecule has 26 heavy (non-hydrogen) atoms. The summed E-state index contributed by atoms with van der Waals surface area (Å²) < 4.78 is 11.4. The minimum absolute atomic E-state index is 0.0483. The summed E-state index contributed by atoms with van der Waals surface area (Å²) in [7, 11) is 0. The predicted octanol–water partition coefficient (Wildman–Crippen LogP) is 3.23. The third kappa shape index (κ3) is 2.86. The lowest BCUT2D eigenvalue weighted by atomic mass is 9.93. The molecule has 136 valence electrons. The van der Waals surface area contributed by atoms with Crippen LogP contribution in [-0.2, 0) is 11.2 Å². The minimum Gasteiger partial charge on any atom is -0.508 e. The highest BCUT2D eigenvalue weighted by molar-refractivity contribution is 6.02. The lowest BCUT2D eigenvalue weighted by Gasteiger charge is -2.26. The van der Waals surface area contributed by atoms with E-state index in [1.165, 1.54) is 6.07 Å². The highest BCUT2D eigenvalue weighted by Gasteiger charge is 2.47. The number of ether oxygens (including phenoxy) is 2. The summed E-state index contributed by atoms with van der Waals surface area (Å²) in [5.41, 5.74) is 1.39. The second-order valence-corrected chi connectivity index (χ2v) is 7.37. The van der Waals surface area contributed by atoms with Gasteiger partial charge in [0.1, 0.15) is 34.7 Å². The molecule has 0 bridgehead atoms. The molecule has 2 unspecified atom stereocenters. The van der Waals surface area contributed by atoms with Crippen LogP contribution in [0.15, 0.2) is 30.3 Å². The Bertz CT molecular complexity index is 901. The summed E-state index contributed by atoms with van der Waals surface area (Å²) in [6.07, 6.45) is 0.141. The number of carbonyl (C=O) groups excluding carboxylic acids is 1. The van der Waals surface area contributed by atoms with Gasteiger partial charge in [-0.3, -0.25) is 4.79 Å². The molecule has 6 heteroatoms. The van der Waals surface area contributed by atoms with Crippen LogP contribution in [0.25, 0.3) is 0 Å². The summed E-state index contributed by atoms with van der Waals surface area (Å²) in [4.78, 5) is 12.4. The van der Waals surface area contributed by atoms with Gasteiger partial charge in [0.2, 0.25) is 0 Å². The van der Waals surface area contributed by atoms with Crippen LogP contribution in [-0.4, -0.2) is 32.8 Å². The van der Waals surface area contributed by atoms with Crippen LogP contribution in [0, 0.1) is 0 Å². The van der Waals surface area contributed by atoms with Crippen LogP contribution in [0.5, 0.6) is 23.0 Å². The van der Waals surface area contributed by atoms with E-state index < -0.39 is 6.10 Å². The molecule has 0 aliphatic carbocycles. The number of hydrogen-bond acceptors (Lipinski definition) is 6. The SMILES string of the molecule is CC1(C)OC1Cc1cc(C2CC(=O)c3c(O)cc(O)cc3O2)ccc1O. The monoisotopic (exact) mass is 356 g/mol. The Balaban J connectivity index is 1.63. The molecule has 2 aromatic rings. The average Bonchev–Trinajstić information content (AvgIpc) is 3.14. The summed E-state index contributed by atoms with van der Waals surface area (Å²) in [6, 6.07) is 7.56. The van der Waals surface area contributed by atoms with Gasteiger partial charge in [0, 0.05) is 18.6 Å². The van der Waals surface area contributed by atoms with Crippen molar-refractivity contribution in [3.8, 4) is 23.0 Å². The van der Waals surface area contributed by atoms with E-state index in [9.17, 15) is 20.1 Å². The Morgan fingerprint density at radius 3 is 2.54 bits per heavy atom. The molecule has 2 aliphatic rings. The number of rotatable bonds is 3. The standard InChI is InChI=1S/C20H20O6/c1-20(2)18(26-20)6-11-5-10(3-4-13(11)22)16-9-15(24)19-14(23)7-12(21)8-17(19)25-16/h3-5,7-8,16,18,21-23H,6,9H2,1-2H3. The topological polar surface area (TPSA) is 99.5 Å². The minimum atomic E-state index is -0.552. The van der Waals surface area contributed by atoms with E-state index >= 15 is 0 Å². The first-order chi connectivity index (χ1) is 12.2. The molecule has 3 N–H and O–H groups in total. The molecule has 0 aromatic heterocycles. The van der Waals surface area contributed by atoms with Gasteiger partial charge in [-0.1, -0.05) is 6.07 Å². The lowest BCUT2D eigenvalue weighted by molar-refractivity contribution is 0.0844. The van der Waals surface area contributed by atoms with E-state index in [-0.39, 0.29) is 52.5 Å². The van der Waals surface area contributed by atoms with Gasteiger partial charge in [0.15, 0.2) is 5.78 Å². The Kier molecular flexibility index (Phi) is 3.63. The maximum absolute atomic E-state index is 12.4. The summed E-state index contributed by atoms with van der Waals surface area (Å²) in [5.74, 6) is -0.380. The lowest BCUT2D eigenvalue weighted by Crippen LogP contribution is -2.20. The molecule has 0 amide bonds. The van der Waals surface area contributed by atoms with Crippen molar-refractivity contribution in [2.75, 3.05) is 0 Å². The number of ketones is 1. The summed E-state index contributed by atoms with van der Waals surface area (Å²) >= 11 is 0. The first-order valence-electron chi connectivity index (χ1n) is 8.50. The van der Waals surface area contributed by atoms with Gasteiger partial charge < -0.3 is 24.8 Å². The van der Waals surface area contributed by atoms with Gasteiger partial charge in [-0.25, -0.2) is 0 Å². The molecule has 2 heterocycles. The predicted molar refractivity (Wildman–Crippen MR) is 92.9 cm³/mol. The maximum Gasteiger partial charge on any atom is 0.174 e. The number of aromatic hydroxyl groups is 3. The fraction of sp³-hybridized carbons (Fsp3) is 0.350. The van der Waals surface area contributed by atoms with Gasteiger partial charge in [0.25, 0.3) is 0 Å². The van der Waals surface area contributed by atoms with Gasteiger partial charge in [-0.15, -0.1) is 0 Å². The molecule has 1 fully saturated rings. The van der Waals surface area contributed by atoms with E-state index in [4.69, 9.17) is 9.47 Å². The number of Topliss-reactive ketones (excluding diaryl/α,β-unsaturated/α-hetero) is 1. The maximum atomic E-state index is 12.4. The van der Waals surface area contributed by atoms with Gasteiger partial charge >= 0.3 is 0 Å². The Morgan fingerprint density at radius 1 is 1.12 bits per heavy atom. The summed E-state index contributed by atoms with van der Waals surface area (Å²) in [5, 5.41) is 29.7. The Hall–Kier alpha value is -2.73. The number of phenolic OH excluding ortho intramolecular Hbond substituents is 3. The number of benzene rings is 2. The summed E-state index contributed by atoms with van der Waals surface area (Å²) in [6.45, 7) is 3.99. The number of phenols is 3. The van der Waals surface area contributed by atoms with E-state index in [1.807, 2.05) is 19.9 Å². The second kappa shape index (κ2) is 5.64. The molecular formula is C20H20O6. The van der Waals surface area contributed by atoms with Crippen molar-refractivity contribution in [2.45, 2.75) is 44.5 Å². The zero-order chi connectivity index (χ0) is 18.6. The van der Waals surface area contributed by atoms with Gasteiger partial charge in [-0.05, 0) is 37.1 Å².